The summed E-state index contributed by atoms with van der Waals surface area (Å²) in [6.07, 6.45) is 2.35. The lowest BCUT2D eigenvalue weighted by molar-refractivity contribution is -0.156. The normalized spacial score (nSPS) is 33.7. The summed E-state index contributed by atoms with van der Waals surface area (Å²) in [5, 5.41) is 9.79. The Labute approximate surface area is 171 Å². The number of rotatable bonds is 8. The van der Waals surface area contributed by atoms with Crippen LogP contribution in [0.15, 0.2) is 12.7 Å². The summed E-state index contributed by atoms with van der Waals surface area (Å²) in [6.45, 7) is 11.2. The Morgan fingerprint density at radius 3 is 2.69 bits per heavy atom. The van der Waals surface area contributed by atoms with Crippen molar-refractivity contribution in [2.45, 2.75) is 70.4 Å². The summed E-state index contributed by atoms with van der Waals surface area (Å²) in [4.78, 5) is 42.9. The van der Waals surface area contributed by atoms with Crippen LogP contribution in [-0.2, 0) is 23.9 Å². The molecule has 8 heteroatoms. The van der Waals surface area contributed by atoms with E-state index in [1.165, 1.54) is 4.90 Å². The Morgan fingerprint density at radius 1 is 1.45 bits per heavy atom. The zero-order chi connectivity index (χ0) is 21.5. The van der Waals surface area contributed by atoms with E-state index in [1.54, 1.807) is 24.8 Å². The fourth-order valence-electron chi connectivity index (χ4n) is 5.29. The highest BCUT2D eigenvalue weighted by atomic mass is 16.6. The van der Waals surface area contributed by atoms with Gasteiger partial charge in [-0.3, -0.25) is 14.4 Å². The van der Waals surface area contributed by atoms with Crippen LogP contribution in [0.1, 0.15) is 40.5 Å². The van der Waals surface area contributed by atoms with E-state index in [2.05, 4.69) is 6.58 Å². The van der Waals surface area contributed by atoms with Crippen molar-refractivity contribution in [2.75, 3.05) is 19.8 Å². The SMILES string of the molecule is C=CCN(C(=O)C1N([C@H](C)CO)C(=O)[C@@H]2[C@@H](C(=O)OCC)[C@H]3CCC12O3)C(C)C. The number of hydrogen-bond donors (Lipinski definition) is 1. The van der Waals surface area contributed by atoms with Gasteiger partial charge in [0.2, 0.25) is 11.8 Å². The number of nitrogens with zero attached hydrogens (tertiary/aromatic N) is 2. The van der Waals surface area contributed by atoms with E-state index in [-0.39, 0.29) is 31.1 Å². The number of hydrogen-bond acceptors (Lipinski definition) is 6. The first-order chi connectivity index (χ1) is 13.7. The maximum absolute atomic E-state index is 13.7. The van der Waals surface area contributed by atoms with E-state index in [9.17, 15) is 19.5 Å². The molecule has 1 spiro atoms. The zero-order valence-corrected chi connectivity index (χ0v) is 17.7. The number of aliphatic hydroxyl groups is 1. The fraction of sp³-hybridized carbons (Fsp3) is 0.762. The largest absolute Gasteiger partial charge is 0.466 e. The van der Waals surface area contributed by atoms with E-state index in [0.29, 0.717) is 19.4 Å². The smallest absolute Gasteiger partial charge is 0.312 e. The van der Waals surface area contributed by atoms with Gasteiger partial charge in [0.25, 0.3) is 0 Å². The number of amides is 2. The summed E-state index contributed by atoms with van der Waals surface area (Å²) in [7, 11) is 0. The third-order valence-corrected chi connectivity index (χ3v) is 6.50. The first-order valence-corrected chi connectivity index (χ1v) is 10.4. The van der Waals surface area contributed by atoms with Crippen molar-refractivity contribution in [3.8, 4) is 0 Å². The molecule has 2 amide bonds. The first kappa shape index (κ1) is 21.8. The lowest BCUT2D eigenvalue weighted by Crippen LogP contribution is -2.59. The second kappa shape index (κ2) is 8.07. The van der Waals surface area contributed by atoms with Gasteiger partial charge in [0.05, 0.1) is 37.2 Å². The molecule has 3 heterocycles. The third kappa shape index (κ3) is 3.17. The van der Waals surface area contributed by atoms with Crippen LogP contribution < -0.4 is 0 Å². The highest BCUT2D eigenvalue weighted by Crippen LogP contribution is 2.59. The summed E-state index contributed by atoms with van der Waals surface area (Å²) in [5.74, 6) is -2.47. The van der Waals surface area contributed by atoms with Crippen LogP contribution in [0.4, 0.5) is 0 Å². The quantitative estimate of drug-likeness (QED) is 0.470. The van der Waals surface area contributed by atoms with Crippen LogP contribution in [0.2, 0.25) is 0 Å². The molecule has 0 aliphatic carbocycles. The van der Waals surface area contributed by atoms with E-state index in [0.717, 1.165) is 0 Å². The lowest BCUT2D eigenvalue weighted by atomic mass is 9.70. The van der Waals surface area contributed by atoms with Crippen LogP contribution in [0, 0.1) is 11.8 Å². The highest BCUT2D eigenvalue weighted by Gasteiger charge is 2.75. The molecule has 162 valence electrons. The molecule has 3 aliphatic heterocycles. The minimum absolute atomic E-state index is 0.100. The molecular weight excluding hydrogens is 376 g/mol. The topological polar surface area (TPSA) is 96.4 Å². The van der Waals surface area contributed by atoms with Gasteiger partial charge in [-0.15, -0.1) is 6.58 Å². The summed E-state index contributed by atoms with van der Waals surface area (Å²) >= 11 is 0. The van der Waals surface area contributed by atoms with Crippen molar-refractivity contribution in [3.63, 3.8) is 0 Å². The third-order valence-electron chi connectivity index (χ3n) is 6.50. The van der Waals surface area contributed by atoms with Crippen LogP contribution in [0.5, 0.6) is 0 Å². The average molecular weight is 408 g/mol. The number of esters is 1. The zero-order valence-electron chi connectivity index (χ0n) is 17.7. The molecule has 3 saturated heterocycles. The second-order valence-corrected chi connectivity index (χ2v) is 8.46. The molecule has 2 bridgehead atoms. The van der Waals surface area contributed by atoms with E-state index in [1.807, 2.05) is 13.8 Å². The van der Waals surface area contributed by atoms with Crippen molar-refractivity contribution < 1.29 is 29.0 Å². The molecule has 3 fully saturated rings. The fourth-order valence-corrected chi connectivity index (χ4v) is 5.29. The Bertz CT molecular complexity index is 695. The first-order valence-electron chi connectivity index (χ1n) is 10.4. The molecular formula is C21H32N2O6. The molecule has 3 aliphatic rings. The van der Waals surface area contributed by atoms with Gasteiger partial charge in [-0.05, 0) is 40.5 Å². The van der Waals surface area contributed by atoms with Crippen LogP contribution in [0.3, 0.4) is 0 Å². The number of likely N-dealkylation sites (tertiary alicyclic amines) is 1. The number of ether oxygens (including phenoxy) is 2. The van der Waals surface area contributed by atoms with Gasteiger partial charge >= 0.3 is 5.97 Å². The number of carbonyl (C=O) groups is 3. The molecule has 0 aromatic rings. The van der Waals surface area contributed by atoms with Gasteiger partial charge in [0.15, 0.2) is 0 Å². The van der Waals surface area contributed by atoms with Crippen LogP contribution in [-0.4, -0.2) is 82.3 Å². The molecule has 0 aromatic heterocycles. The number of aliphatic hydroxyl groups excluding tert-OH is 1. The maximum Gasteiger partial charge on any atom is 0.312 e. The van der Waals surface area contributed by atoms with Crippen molar-refractivity contribution in [1.29, 1.82) is 0 Å². The summed E-state index contributed by atoms with van der Waals surface area (Å²) < 4.78 is 11.5. The van der Waals surface area contributed by atoms with Crippen molar-refractivity contribution in [3.05, 3.63) is 12.7 Å². The Morgan fingerprint density at radius 2 is 2.14 bits per heavy atom. The van der Waals surface area contributed by atoms with Crippen molar-refractivity contribution in [1.82, 2.24) is 9.80 Å². The minimum atomic E-state index is -1.06. The summed E-state index contributed by atoms with van der Waals surface area (Å²) in [6, 6.07) is -1.55. The molecule has 8 nitrogen and oxygen atoms in total. The van der Waals surface area contributed by atoms with Crippen molar-refractivity contribution >= 4 is 17.8 Å². The Balaban J connectivity index is 2.06. The second-order valence-electron chi connectivity index (χ2n) is 8.46. The van der Waals surface area contributed by atoms with E-state index < -0.39 is 41.6 Å². The molecule has 6 atom stereocenters. The molecule has 29 heavy (non-hydrogen) atoms. The molecule has 0 radical (unpaired) electrons. The molecule has 2 unspecified atom stereocenters. The Kier molecular flexibility index (Phi) is 6.06. The average Bonchev–Trinajstić information content (AvgIpc) is 3.32. The van der Waals surface area contributed by atoms with E-state index in [4.69, 9.17) is 9.47 Å². The van der Waals surface area contributed by atoms with Crippen LogP contribution >= 0.6 is 0 Å². The van der Waals surface area contributed by atoms with Gasteiger partial charge < -0.3 is 24.4 Å². The van der Waals surface area contributed by atoms with Gasteiger partial charge in [-0.25, -0.2) is 0 Å². The summed E-state index contributed by atoms with van der Waals surface area (Å²) in [5.41, 5.74) is -1.06. The number of carbonyl (C=O) groups excluding carboxylic acids is 3. The molecule has 1 N–H and O–H groups in total. The van der Waals surface area contributed by atoms with Gasteiger partial charge in [0, 0.05) is 12.6 Å². The minimum Gasteiger partial charge on any atom is -0.466 e. The van der Waals surface area contributed by atoms with Gasteiger partial charge in [-0.2, -0.15) is 0 Å². The lowest BCUT2D eigenvalue weighted by Gasteiger charge is -2.39. The Hall–Kier alpha value is -1.93. The van der Waals surface area contributed by atoms with Crippen molar-refractivity contribution in [2.24, 2.45) is 11.8 Å². The predicted molar refractivity (Wildman–Crippen MR) is 105 cm³/mol. The standard InChI is InChI=1S/C21H32N2O6/c1-6-10-22(12(3)4)19(26)17-21-9-8-14(29-21)15(20(27)28-7-2)16(21)18(25)23(17)13(5)11-24/h6,12-17,24H,1,7-11H2,2-5H3/t13-,14-,15+,16+,17?,21?/m1/s1. The number of fused-ring (bicyclic) bond motifs is 1. The predicted octanol–water partition coefficient (Wildman–Crippen LogP) is 0.728. The molecule has 3 rings (SSSR count). The maximum atomic E-state index is 13.7. The van der Waals surface area contributed by atoms with E-state index >= 15 is 0 Å². The van der Waals surface area contributed by atoms with Gasteiger partial charge in [-0.1, -0.05) is 6.08 Å². The van der Waals surface area contributed by atoms with Crippen LogP contribution in [0.25, 0.3) is 0 Å². The highest BCUT2D eigenvalue weighted by molar-refractivity contribution is 5.98. The van der Waals surface area contributed by atoms with Gasteiger partial charge in [0.1, 0.15) is 11.6 Å². The molecule has 0 saturated carbocycles. The monoisotopic (exact) mass is 408 g/mol. The molecule has 0 aromatic carbocycles.